The number of benzene rings is 2. The zero-order valence-electron chi connectivity index (χ0n) is 14.7. The molecular weight excluding hydrogens is 370 g/mol. The van der Waals surface area contributed by atoms with E-state index in [9.17, 15) is 9.59 Å². The molecule has 3 rings (SSSR count). The van der Waals surface area contributed by atoms with Crippen molar-refractivity contribution in [1.29, 1.82) is 0 Å². The Morgan fingerprint density at radius 1 is 1.08 bits per heavy atom. The third kappa shape index (κ3) is 3.24. The van der Waals surface area contributed by atoms with Crippen LogP contribution >= 0.6 is 23.4 Å². The van der Waals surface area contributed by atoms with Gasteiger partial charge in [-0.2, -0.15) is 0 Å². The van der Waals surface area contributed by atoms with Crippen molar-refractivity contribution in [1.82, 2.24) is 0 Å². The molecule has 134 valence electrons. The highest BCUT2D eigenvalue weighted by Crippen LogP contribution is 2.39. The van der Waals surface area contributed by atoms with Gasteiger partial charge in [-0.3, -0.25) is 9.59 Å². The molecule has 0 radical (unpaired) electrons. The lowest BCUT2D eigenvalue weighted by Crippen LogP contribution is -2.31. The highest BCUT2D eigenvalue weighted by Gasteiger charge is 2.40. The predicted molar refractivity (Wildman–Crippen MR) is 107 cm³/mol. The van der Waals surface area contributed by atoms with Crippen LogP contribution in [0.5, 0.6) is 5.75 Å². The number of thioether (sulfide) groups is 1. The van der Waals surface area contributed by atoms with Gasteiger partial charge < -0.3 is 4.74 Å². The smallest absolute Gasteiger partial charge is 0.272 e. The van der Waals surface area contributed by atoms with Crippen LogP contribution in [0.2, 0.25) is 5.02 Å². The Hall–Kier alpha value is -2.24. The van der Waals surface area contributed by atoms with Crippen LogP contribution in [0.1, 0.15) is 18.1 Å². The Bertz CT molecular complexity index is 906. The molecule has 0 aromatic heterocycles. The minimum Gasteiger partial charge on any atom is -0.495 e. The molecule has 6 heteroatoms. The van der Waals surface area contributed by atoms with Crippen LogP contribution in [0.25, 0.3) is 5.57 Å². The van der Waals surface area contributed by atoms with E-state index in [1.165, 1.54) is 23.8 Å². The fourth-order valence-electron chi connectivity index (χ4n) is 2.79. The van der Waals surface area contributed by atoms with E-state index in [2.05, 4.69) is 0 Å². The maximum atomic E-state index is 13.1. The molecular formula is C20H18ClNO3S. The molecule has 1 heterocycles. The average molecular weight is 388 g/mol. The molecule has 26 heavy (non-hydrogen) atoms. The maximum Gasteiger partial charge on any atom is 0.272 e. The van der Waals surface area contributed by atoms with E-state index in [-0.39, 0.29) is 11.8 Å². The number of halogens is 1. The number of imide groups is 1. The number of carbonyl (C=O) groups is 2. The summed E-state index contributed by atoms with van der Waals surface area (Å²) < 4.78 is 5.14. The lowest BCUT2D eigenvalue weighted by molar-refractivity contribution is -0.119. The number of rotatable bonds is 5. The third-order valence-electron chi connectivity index (χ3n) is 4.06. The number of hydrogen-bond acceptors (Lipinski definition) is 4. The van der Waals surface area contributed by atoms with Gasteiger partial charge in [-0.1, -0.05) is 48.4 Å². The summed E-state index contributed by atoms with van der Waals surface area (Å²) >= 11 is 7.56. The van der Waals surface area contributed by atoms with E-state index in [1.807, 2.05) is 38.1 Å². The molecule has 2 aromatic rings. The number of carbonyl (C=O) groups excluding carboxylic acids is 2. The largest absolute Gasteiger partial charge is 0.495 e. The van der Waals surface area contributed by atoms with Gasteiger partial charge in [-0.15, -0.1) is 11.8 Å². The zero-order chi connectivity index (χ0) is 18.8. The SMILES string of the molecule is CCSC1=C(c2ccc(C)cc2)C(=O)N(c2ccc(OC)c(Cl)c2)C1=O. The van der Waals surface area contributed by atoms with E-state index in [4.69, 9.17) is 16.3 Å². The van der Waals surface area contributed by atoms with Gasteiger partial charge >= 0.3 is 0 Å². The normalized spacial score (nSPS) is 14.4. The summed E-state index contributed by atoms with van der Waals surface area (Å²) in [6.45, 7) is 3.93. The first-order chi connectivity index (χ1) is 12.5. The molecule has 0 spiro atoms. The van der Waals surface area contributed by atoms with Crippen molar-refractivity contribution in [3.63, 3.8) is 0 Å². The van der Waals surface area contributed by atoms with Crippen molar-refractivity contribution in [2.45, 2.75) is 13.8 Å². The summed E-state index contributed by atoms with van der Waals surface area (Å²) in [4.78, 5) is 27.7. The molecule has 0 N–H and O–H groups in total. The summed E-state index contributed by atoms with van der Waals surface area (Å²) in [5.41, 5.74) is 2.71. The average Bonchev–Trinajstić information content (AvgIpc) is 2.86. The number of nitrogens with zero attached hydrogens (tertiary/aromatic N) is 1. The molecule has 2 aromatic carbocycles. The monoisotopic (exact) mass is 387 g/mol. The standard InChI is InChI=1S/C20H18ClNO3S/c1-4-26-18-17(13-7-5-12(2)6-8-13)19(23)22(20(18)24)14-9-10-16(25-3)15(21)11-14/h5-11H,4H2,1-3H3. The van der Waals surface area contributed by atoms with Crippen LogP contribution in [0, 0.1) is 6.92 Å². The molecule has 4 nitrogen and oxygen atoms in total. The fourth-order valence-corrected chi connectivity index (χ4v) is 3.90. The minimum atomic E-state index is -0.337. The molecule has 2 amide bonds. The van der Waals surface area contributed by atoms with Crippen molar-refractivity contribution in [2.75, 3.05) is 17.8 Å². The summed E-state index contributed by atoms with van der Waals surface area (Å²) in [5.74, 6) is 0.528. The van der Waals surface area contributed by atoms with Crippen molar-refractivity contribution < 1.29 is 14.3 Å². The zero-order valence-corrected chi connectivity index (χ0v) is 16.3. The van der Waals surface area contributed by atoms with E-state index >= 15 is 0 Å². The highest BCUT2D eigenvalue weighted by atomic mass is 35.5. The number of amides is 2. The summed E-state index contributed by atoms with van der Waals surface area (Å²) in [7, 11) is 1.51. The first kappa shape index (κ1) is 18.5. The lowest BCUT2D eigenvalue weighted by Gasteiger charge is -2.16. The molecule has 0 atom stereocenters. The Balaban J connectivity index is 2.07. The van der Waals surface area contributed by atoms with Gasteiger partial charge in [0.15, 0.2) is 0 Å². The Morgan fingerprint density at radius 2 is 1.77 bits per heavy atom. The van der Waals surface area contributed by atoms with Crippen LogP contribution in [-0.4, -0.2) is 24.7 Å². The number of aryl methyl sites for hydroxylation is 1. The molecule has 0 aliphatic carbocycles. The van der Waals surface area contributed by atoms with Crippen molar-refractivity contribution in [3.8, 4) is 5.75 Å². The molecule has 0 saturated heterocycles. The number of ether oxygens (including phenoxy) is 1. The van der Waals surface area contributed by atoms with Gasteiger partial charge in [0, 0.05) is 0 Å². The molecule has 0 fully saturated rings. The molecule has 1 aliphatic heterocycles. The van der Waals surface area contributed by atoms with Crippen LogP contribution in [-0.2, 0) is 9.59 Å². The highest BCUT2D eigenvalue weighted by molar-refractivity contribution is 8.04. The van der Waals surface area contributed by atoms with Gasteiger partial charge in [0.2, 0.25) is 0 Å². The number of hydrogen-bond donors (Lipinski definition) is 0. The van der Waals surface area contributed by atoms with Crippen LogP contribution in [0.4, 0.5) is 5.69 Å². The Kier molecular flexibility index (Phi) is 5.39. The van der Waals surface area contributed by atoms with Gasteiger partial charge in [-0.25, -0.2) is 4.90 Å². The lowest BCUT2D eigenvalue weighted by atomic mass is 10.0. The first-order valence-corrected chi connectivity index (χ1v) is 9.50. The van der Waals surface area contributed by atoms with E-state index < -0.39 is 0 Å². The molecule has 0 unspecified atom stereocenters. The summed E-state index contributed by atoms with van der Waals surface area (Å²) in [5, 5.41) is 0.346. The Labute approximate surface area is 161 Å². The van der Waals surface area contributed by atoms with Gasteiger partial charge in [0.25, 0.3) is 11.8 Å². The third-order valence-corrected chi connectivity index (χ3v) is 5.32. The van der Waals surface area contributed by atoms with Crippen molar-refractivity contribution in [2.24, 2.45) is 0 Å². The van der Waals surface area contributed by atoms with Crippen LogP contribution in [0.15, 0.2) is 47.4 Å². The van der Waals surface area contributed by atoms with Crippen LogP contribution in [0.3, 0.4) is 0 Å². The van der Waals surface area contributed by atoms with E-state index in [0.29, 0.717) is 32.7 Å². The maximum absolute atomic E-state index is 13.1. The topological polar surface area (TPSA) is 46.6 Å². The fraction of sp³-hybridized carbons (Fsp3) is 0.200. The van der Waals surface area contributed by atoms with Gasteiger partial charge in [0.1, 0.15) is 5.75 Å². The number of methoxy groups -OCH3 is 1. The second-order valence-electron chi connectivity index (χ2n) is 5.77. The second-order valence-corrected chi connectivity index (χ2v) is 7.45. The summed E-state index contributed by atoms with van der Waals surface area (Å²) in [6.07, 6.45) is 0. The molecule has 0 saturated carbocycles. The van der Waals surface area contributed by atoms with Gasteiger partial charge in [-0.05, 0) is 36.4 Å². The van der Waals surface area contributed by atoms with Crippen molar-refractivity contribution in [3.05, 3.63) is 63.5 Å². The number of anilines is 1. The van der Waals surface area contributed by atoms with Crippen molar-refractivity contribution >= 4 is 46.4 Å². The Morgan fingerprint density at radius 3 is 2.35 bits per heavy atom. The van der Waals surface area contributed by atoms with E-state index in [1.54, 1.807) is 18.2 Å². The molecule has 1 aliphatic rings. The minimum absolute atomic E-state index is 0.321. The van der Waals surface area contributed by atoms with Crippen LogP contribution < -0.4 is 9.64 Å². The van der Waals surface area contributed by atoms with Gasteiger partial charge in [0.05, 0.1) is 28.3 Å². The quantitative estimate of drug-likeness (QED) is 0.698. The molecule has 0 bridgehead atoms. The second kappa shape index (κ2) is 7.56. The predicted octanol–water partition coefficient (Wildman–Crippen LogP) is 4.69. The first-order valence-electron chi connectivity index (χ1n) is 8.14. The summed E-state index contributed by atoms with van der Waals surface area (Å²) in [6, 6.07) is 12.5. The van der Waals surface area contributed by atoms with E-state index in [0.717, 1.165) is 11.1 Å².